The summed E-state index contributed by atoms with van der Waals surface area (Å²) in [7, 11) is 1.82. The number of halogens is 1. The van der Waals surface area contributed by atoms with Gasteiger partial charge in [0, 0.05) is 28.4 Å². The zero-order valence-corrected chi connectivity index (χ0v) is 13.5. The van der Waals surface area contributed by atoms with Gasteiger partial charge in [0.2, 0.25) is 5.88 Å². The molecule has 0 aliphatic carbocycles. The smallest absolute Gasteiger partial charge is 0.338 e. The molecule has 5 nitrogen and oxygen atoms in total. The van der Waals surface area contributed by atoms with Gasteiger partial charge in [-0.1, -0.05) is 6.07 Å². The van der Waals surface area contributed by atoms with Gasteiger partial charge in [0.15, 0.2) is 0 Å². The van der Waals surface area contributed by atoms with E-state index in [1.165, 1.54) is 0 Å². The maximum Gasteiger partial charge on any atom is 0.338 e. The highest BCUT2D eigenvalue weighted by atomic mass is 127. The van der Waals surface area contributed by atoms with Crippen molar-refractivity contribution < 1.29 is 14.3 Å². The second-order valence-corrected chi connectivity index (χ2v) is 5.26. The molecule has 0 aliphatic rings. The SMILES string of the molecule is CCOC(=O)c1cccc(I)c1COc1ccn(C)n1. The minimum atomic E-state index is -0.328. The lowest BCUT2D eigenvalue weighted by Crippen LogP contribution is -2.11. The molecule has 0 spiro atoms. The van der Waals surface area contributed by atoms with Crippen molar-refractivity contribution in [2.45, 2.75) is 13.5 Å². The summed E-state index contributed by atoms with van der Waals surface area (Å²) in [6, 6.07) is 7.29. The second-order valence-electron chi connectivity index (χ2n) is 4.10. The third kappa shape index (κ3) is 3.50. The van der Waals surface area contributed by atoms with Gasteiger partial charge in [0.05, 0.1) is 12.2 Å². The first-order valence-electron chi connectivity index (χ1n) is 6.18. The van der Waals surface area contributed by atoms with Crippen LogP contribution in [0.5, 0.6) is 5.88 Å². The van der Waals surface area contributed by atoms with Gasteiger partial charge >= 0.3 is 5.97 Å². The highest BCUT2D eigenvalue weighted by Crippen LogP contribution is 2.20. The van der Waals surface area contributed by atoms with Crippen molar-refractivity contribution in [2.75, 3.05) is 6.61 Å². The van der Waals surface area contributed by atoms with Crippen LogP contribution in [-0.4, -0.2) is 22.4 Å². The Kier molecular flexibility index (Phi) is 4.99. The van der Waals surface area contributed by atoms with Gasteiger partial charge in [-0.3, -0.25) is 4.68 Å². The third-order valence-electron chi connectivity index (χ3n) is 2.67. The molecule has 2 rings (SSSR count). The Balaban J connectivity index is 2.19. The summed E-state index contributed by atoms with van der Waals surface area (Å²) < 4.78 is 13.3. The second kappa shape index (κ2) is 6.74. The lowest BCUT2D eigenvalue weighted by Gasteiger charge is -2.11. The number of ether oxygens (including phenoxy) is 2. The molecule has 1 heterocycles. The Morgan fingerprint density at radius 3 is 2.85 bits per heavy atom. The molecule has 6 heteroatoms. The first-order chi connectivity index (χ1) is 9.61. The van der Waals surface area contributed by atoms with E-state index in [-0.39, 0.29) is 12.6 Å². The van der Waals surface area contributed by atoms with E-state index in [2.05, 4.69) is 27.7 Å². The summed E-state index contributed by atoms with van der Waals surface area (Å²) in [5.74, 6) is 0.201. The number of aromatic nitrogens is 2. The Hall–Kier alpha value is -1.57. The molecule has 0 radical (unpaired) electrons. The normalized spacial score (nSPS) is 10.3. The molecule has 0 atom stereocenters. The fraction of sp³-hybridized carbons (Fsp3) is 0.286. The van der Waals surface area contributed by atoms with Crippen LogP contribution in [-0.2, 0) is 18.4 Å². The number of carbonyl (C=O) groups excluding carboxylic acids is 1. The number of hydrogen-bond acceptors (Lipinski definition) is 4. The standard InChI is InChI=1S/C14H15IN2O3/c1-3-19-14(18)10-5-4-6-12(15)11(10)9-20-13-7-8-17(2)16-13/h4-8H,3,9H2,1-2H3. The van der Waals surface area contributed by atoms with E-state index in [4.69, 9.17) is 9.47 Å². The molecule has 0 aliphatic heterocycles. The number of rotatable bonds is 5. The van der Waals surface area contributed by atoms with Crippen molar-refractivity contribution in [1.29, 1.82) is 0 Å². The lowest BCUT2D eigenvalue weighted by molar-refractivity contribution is 0.0523. The van der Waals surface area contributed by atoms with Crippen LogP contribution in [0.2, 0.25) is 0 Å². The zero-order valence-electron chi connectivity index (χ0n) is 11.3. The summed E-state index contributed by atoms with van der Waals surface area (Å²) in [6.07, 6.45) is 1.80. The van der Waals surface area contributed by atoms with Gasteiger partial charge in [-0.25, -0.2) is 4.79 Å². The van der Waals surface area contributed by atoms with Gasteiger partial charge in [0.25, 0.3) is 0 Å². The van der Waals surface area contributed by atoms with Crippen LogP contribution in [0.1, 0.15) is 22.8 Å². The molecule has 0 amide bonds. The fourth-order valence-electron chi connectivity index (χ4n) is 1.72. The highest BCUT2D eigenvalue weighted by Gasteiger charge is 2.15. The number of hydrogen-bond donors (Lipinski definition) is 0. The van der Waals surface area contributed by atoms with Crippen LogP contribution in [0, 0.1) is 3.57 Å². The van der Waals surface area contributed by atoms with Crippen LogP contribution in [0.4, 0.5) is 0 Å². The van der Waals surface area contributed by atoms with Gasteiger partial charge in [-0.2, -0.15) is 0 Å². The predicted octanol–water partition coefficient (Wildman–Crippen LogP) is 2.78. The summed E-state index contributed by atoms with van der Waals surface area (Å²) >= 11 is 2.18. The van der Waals surface area contributed by atoms with Gasteiger partial charge in [-0.15, -0.1) is 5.10 Å². The molecule has 2 aromatic rings. The minimum Gasteiger partial charge on any atom is -0.472 e. The summed E-state index contributed by atoms with van der Waals surface area (Å²) in [4.78, 5) is 11.9. The molecule has 20 heavy (non-hydrogen) atoms. The van der Waals surface area contributed by atoms with Gasteiger partial charge in [-0.05, 0) is 41.6 Å². The molecule has 0 saturated carbocycles. The van der Waals surface area contributed by atoms with Crippen LogP contribution < -0.4 is 4.74 Å². The van der Waals surface area contributed by atoms with Crippen molar-refractivity contribution in [2.24, 2.45) is 7.05 Å². The first kappa shape index (κ1) is 14.8. The molecule has 0 fully saturated rings. The monoisotopic (exact) mass is 386 g/mol. The molecule has 1 aromatic heterocycles. The van der Waals surface area contributed by atoms with Crippen LogP contribution >= 0.6 is 22.6 Å². The molecular formula is C14H15IN2O3. The minimum absolute atomic E-state index is 0.282. The molecule has 0 unspecified atom stereocenters. The largest absolute Gasteiger partial charge is 0.472 e. The fourth-order valence-corrected chi connectivity index (χ4v) is 2.38. The van der Waals surface area contributed by atoms with Crippen molar-refractivity contribution in [3.8, 4) is 5.88 Å². The maximum atomic E-state index is 11.9. The van der Waals surface area contributed by atoms with E-state index in [0.29, 0.717) is 18.1 Å². The van der Waals surface area contributed by atoms with E-state index in [1.807, 2.05) is 19.2 Å². The quantitative estimate of drug-likeness (QED) is 0.586. The predicted molar refractivity (Wildman–Crippen MR) is 82.7 cm³/mol. The van der Waals surface area contributed by atoms with E-state index in [0.717, 1.165) is 9.13 Å². The first-order valence-corrected chi connectivity index (χ1v) is 7.26. The van der Waals surface area contributed by atoms with Crippen LogP contribution in [0.3, 0.4) is 0 Å². The average Bonchev–Trinajstić information content (AvgIpc) is 2.83. The molecule has 0 N–H and O–H groups in total. The summed E-state index contributed by atoms with van der Waals surface area (Å²) in [6.45, 7) is 2.42. The van der Waals surface area contributed by atoms with Crippen LogP contribution in [0.15, 0.2) is 30.5 Å². The number of esters is 1. The van der Waals surface area contributed by atoms with E-state index < -0.39 is 0 Å². The van der Waals surface area contributed by atoms with Crippen molar-refractivity contribution in [1.82, 2.24) is 9.78 Å². The Morgan fingerprint density at radius 2 is 2.20 bits per heavy atom. The maximum absolute atomic E-state index is 11.9. The van der Waals surface area contributed by atoms with E-state index in [1.54, 1.807) is 29.9 Å². The van der Waals surface area contributed by atoms with Crippen molar-refractivity contribution in [3.05, 3.63) is 45.2 Å². The molecule has 1 aromatic carbocycles. The zero-order chi connectivity index (χ0) is 14.5. The molecule has 106 valence electrons. The highest BCUT2D eigenvalue weighted by molar-refractivity contribution is 14.1. The van der Waals surface area contributed by atoms with Crippen LogP contribution in [0.25, 0.3) is 0 Å². The van der Waals surface area contributed by atoms with Gasteiger partial charge < -0.3 is 9.47 Å². The molecule has 0 saturated heterocycles. The number of benzene rings is 1. The van der Waals surface area contributed by atoms with Crippen molar-refractivity contribution >= 4 is 28.6 Å². The van der Waals surface area contributed by atoms with E-state index >= 15 is 0 Å². The number of carbonyl (C=O) groups is 1. The van der Waals surface area contributed by atoms with E-state index in [9.17, 15) is 4.79 Å². The topological polar surface area (TPSA) is 53.4 Å². The molecule has 0 bridgehead atoms. The van der Waals surface area contributed by atoms with Gasteiger partial charge in [0.1, 0.15) is 6.61 Å². The Bertz CT molecular complexity index is 610. The Labute approximate surface area is 131 Å². The Morgan fingerprint density at radius 1 is 1.40 bits per heavy atom. The molecular weight excluding hydrogens is 371 g/mol. The third-order valence-corrected chi connectivity index (χ3v) is 3.68. The average molecular weight is 386 g/mol. The van der Waals surface area contributed by atoms with Crippen molar-refractivity contribution in [3.63, 3.8) is 0 Å². The summed E-state index contributed by atoms with van der Waals surface area (Å²) in [5.41, 5.74) is 1.35. The number of aryl methyl sites for hydroxylation is 1. The summed E-state index contributed by atoms with van der Waals surface area (Å²) in [5, 5.41) is 4.14. The lowest BCUT2D eigenvalue weighted by atomic mass is 10.1. The number of nitrogens with zero attached hydrogens (tertiary/aromatic N) is 2.